The molecule has 0 aromatic rings. The predicted octanol–water partition coefficient (Wildman–Crippen LogP) is 6.94. The van der Waals surface area contributed by atoms with Gasteiger partial charge in [-0.25, -0.2) is 0 Å². The van der Waals surface area contributed by atoms with E-state index in [4.69, 9.17) is 9.72 Å². The van der Waals surface area contributed by atoms with Crippen molar-refractivity contribution >= 4 is 8.24 Å². The Morgan fingerprint density at radius 2 is 1.38 bits per heavy atom. The normalized spacial score (nSPS) is 35.8. The molecular weight excluding hydrogens is 370 g/mol. The molecular formula is C22H45NOSiTi. The molecule has 152 valence electrons. The van der Waals surface area contributed by atoms with Crippen LogP contribution in [0.15, 0.2) is 0 Å². The van der Waals surface area contributed by atoms with E-state index >= 15 is 0 Å². The molecule has 3 fully saturated rings. The third-order valence-electron chi connectivity index (χ3n) is 6.83. The van der Waals surface area contributed by atoms with Crippen molar-refractivity contribution in [3.63, 3.8) is 0 Å². The molecule has 3 saturated carbocycles. The maximum atomic E-state index is 5.97. The smallest absolute Gasteiger partial charge is 0.660 e. The summed E-state index contributed by atoms with van der Waals surface area (Å²) in [5.41, 5.74) is 0.948. The average molecular weight is 416 g/mol. The molecule has 3 rings (SSSR count). The molecule has 6 atom stereocenters. The largest absolute Gasteiger partial charge is 4.00 e. The van der Waals surface area contributed by atoms with Gasteiger partial charge in [-0.15, -0.1) is 5.54 Å². The van der Waals surface area contributed by atoms with E-state index in [-0.39, 0.29) is 49.5 Å². The second kappa shape index (κ2) is 10.6. The summed E-state index contributed by atoms with van der Waals surface area (Å²) < 4.78 is 5.97. The van der Waals surface area contributed by atoms with Gasteiger partial charge in [-0.05, 0) is 42.9 Å². The molecule has 4 heteroatoms. The molecule has 0 radical (unpaired) electrons. The van der Waals surface area contributed by atoms with Gasteiger partial charge in [-0.1, -0.05) is 66.9 Å². The first-order valence-electron chi connectivity index (χ1n) is 9.48. The first kappa shape index (κ1) is 29.1. The van der Waals surface area contributed by atoms with Crippen molar-refractivity contribution in [2.24, 2.45) is 23.7 Å². The van der Waals surface area contributed by atoms with Crippen molar-refractivity contribution in [3.05, 3.63) is 27.3 Å². The molecule has 0 amide bonds. The van der Waals surface area contributed by atoms with Crippen molar-refractivity contribution in [2.75, 3.05) is 7.11 Å². The Labute approximate surface area is 182 Å². The molecule has 0 aliphatic heterocycles. The Balaban J connectivity index is 0. The minimum Gasteiger partial charge on any atom is -0.660 e. The molecule has 3 aliphatic rings. The summed E-state index contributed by atoms with van der Waals surface area (Å²) in [7, 11) is 0.374. The zero-order chi connectivity index (χ0) is 16.1. The zero-order valence-corrected chi connectivity index (χ0v) is 21.6. The third kappa shape index (κ3) is 5.92. The van der Waals surface area contributed by atoms with Gasteiger partial charge in [-0.2, -0.15) is 0 Å². The van der Waals surface area contributed by atoms with Gasteiger partial charge < -0.3 is 32.0 Å². The molecule has 5 unspecified atom stereocenters. The van der Waals surface area contributed by atoms with Gasteiger partial charge in [-0.3, -0.25) is 0 Å². The summed E-state index contributed by atoms with van der Waals surface area (Å²) in [6.07, 6.45) is 9.19. The van der Waals surface area contributed by atoms with E-state index in [1.165, 1.54) is 38.5 Å². The molecule has 0 spiro atoms. The van der Waals surface area contributed by atoms with E-state index in [1.54, 1.807) is 0 Å². The first-order valence-corrected chi connectivity index (χ1v) is 12.5. The van der Waals surface area contributed by atoms with Crippen molar-refractivity contribution in [2.45, 2.75) is 89.6 Å². The summed E-state index contributed by atoms with van der Waals surface area (Å²) in [4.78, 5) is 5.35. The van der Waals surface area contributed by atoms with Crippen LogP contribution in [-0.4, -0.2) is 27.0 Å². The van der Waals surface area contributed by atoms with E-state index < -0.39 is 8.24 Å². The quantitative estimate of drug-likeness (QED) is 0.361. The zero-order valence-electron chi connectivity index (χ0n) is 19.1. The molecule has 0 heterocycles. The van der Waals surface area contributed by atoms with E-state index in [2.05, 4.69) is 33.9 Å². The van der Waals surface area contributed by atoms with Crippen LogP contribution in [0.5, 0.6) is 0 Å². The van der Waals surface area contributed by atoms with E-state index in [9.17, 15) is 0 Å². The summed E-state index contributed by atoms with van der Waals surface area (Å²) in [6, 6.07) is 0. The molecule has 26 heavy (non-hydrogen) atoms. The minimum atomic E-state index is -1.57. The molecule has 0 aromatic heterocycles. The van der Waals surface area contributed by atoms with Crippen molar-refractivity contribution < 1.29 is 26.5 Å². The summed E-state index contributed by atoms with van der Waals surface area (Å²) in [5, 5.41) is 0. The molecule has 0 N–H and O–H groups in total. The van der Waals surface area contributed by atoms with Crippen LogP contribution in [0.2, 0.25) is 18.6 Å². The Kier molecular flexibility index (Phi) is 11.8. The Morgan fingerprint density at radius 1 is 0.885 bits per heavy atom. The second-order valence-corrected chi connectivity index (χ2v) is 14.1. The number of fused-ring (bicyclic) bond motifs is 2. The minimum absolute atomic E-state index is 0. The SMILES string of the molecule is COC1CC([Si](C)(C)[N-]C(C)(C)C)C2C[C@@H]3CCCC3CC12.[CH3-].[CH3-].[CH3-].[Ti+4]. The van der Waals surface area contributed by atoms with Crippen molar-refractivity contribution in [1.29, 1.82) is 0 Å². The molecule has 2 nitrogen and oxygen atoms in total. The van der Waals surface area contributed by atoms with E-state index in [1.807, 2.05) is 7.11 Å². The monoisotopic (exact) mass is 415 g/mol. The van der Waals surface area contributed by atoms with Gasteiger partial charge in [0.05, 0.1) is 6.10 Å². The number of hydrogen-bond donors (Lipinski definition) is 0. The Morgan fingerprint density at radius 3 is 1.85 bits per heavy atom. The number of methoxy groups -OCH3 is 1. The maximum absolute atomic E-state index is 5.97. The Hall–Kier alpha value is 0.851. The predicted molar refractivity (Wildman–Crippen MR) is 116 cm³/mol. The first-order chi connectivity index (χ1) is 10.2. The fraction of sp³-hybridized carbons (Fsp3) is 0.864. The van der Waals surface area contributed by atoms with Gasteiger partial charge in [0.15, 0.2) is 0 Å². The standard InChI is InChI=1S/C19H36NOSi.3CH3.Ti/c1-19(2,3)20-22(5,6)18-12-17(21-4)15-10-13-8-7-9-14(13)11-16(15)18;;;;/h13-18H,7-12H2,1-6H3;3*1H3;/q4*-1;+4/t13?,14-,15?,16?,17?,18?;;;;/m0..../s1. The molecule has 0 bridgehead atoms. The van der Waals surface area contributed by atoms with Gasteiger partial charge in [0.25, 0.3) is 0 Å². The maximum Gasteiger partial charge on any atom is 4.00 e. The molecule has 0 aromatic carbocycles. The van der Waals surface area contributed by atoms with Crippen LogP contribution in [0, 0.1) is 46.0 Å². The van der Waals surface area contributed by atoms with E-state index in [0.717, 1.165) is 29.2 Å². The van der Waals surface area contributed by atoms with Gasteiger partial charge in [0.1, 0.15) is 0 Å². The van der Waals surface area contributed by atoms with Crippen LogP contribution in [0.25, 0.3) is 4.98 Å². The Bertz CT molecular complexity index is 409. The number of nitrogens with zero attached hydrogens (tertiary/aromatic N) is 1. The summed E-state index contributed by atoms with van der Waals surface area (Å²) in [5.74, 6) is 3.77. The second-order valence-electron chi connectivity index (χ2n) is 9.80. The third-order valence-corrected chi connectivity index (χ3v) is 10.6. The summed E-state index contributed by atoms with van der Waals surface area (Å²) >= 11 is 0. The fourth-order valence-electron chi connectivity index (χ4n) is 6.30. The molecule has 3 aliphatic carbocycles. The van der Waals surface area contributed by atoms with Crippen LogP contribution in [-0.2, 0) is 26.5 Å². The van der Waals surface area contributed by atoms with Crippen LogP contribution in [0.4, 0.5) is 0 Å². The van der Waals surface area contributed by atoms with Gasteiger partial charge >= 0.3 is 21.7 Å². The topological polar surface area (TPSA) is 23.3 Å². The van der Waals surface area contributed by atoms with Crippen LogP contribution < -0.4 is 0 Å². The number of rotatable bonds is 3. The van der Waals surface area contributed by atoms with Crippen LogP contribution >= 0.6 is 0 Å². The number of hydrogen-bond acceptors (Lipinski definition) is 1. The number of ether oxygens (including phenoxy) is 1. The van der Waals surface area contributed by atoms with Gasteiger partial charge in [0, 0.05) is 7.11 Å². The van der Waals surface area contributed by atoms with Crippen molar-refractivity contribution in [1.82, 2.24) is 0 Å². The molecule has 0 saturated heterocycles. The summed E-state index contributed by atoms with van der Waals surface area (Å²) in [6.45, 7) is 11.8. The van der Waals surface area contributed by atoms with E-state index in [0.29, 0.717) is 6.10 Å². The van der Waals surface area contributed by atoms with Crippen LogP contribution in [0.3, 0.4) is 0 Å². The van der Waals surface area contributed by atoms with Crippen molar-refractivity contribution in [3.8, 4) is 0 Å². The average Bonchev–Trinajstić information content (AvgIpc) is 2.96. The van der Waals surface area contributed by atoms with Crippen LogP contribution in [0.1, 0.15) is 59.3 Å². The van der Waals surface area contributed by atoms with Gasteiger partial charge in [0.2, 0.25) is 0 Å². The fourth-order valence-corrected chi connectivity index (χ4v) is 10.4.